The van der Waals surface area contributed by atoms with E-state index in [-0.39, 0.29) is 17.1 Å². The number of esters is 1. The van der Waals surface area contributed by atoms with Crippen LogP contribution in [0.15, 0.2) is 45.6 Å². The molecule has 4 heterocycles. The van der Waals surface area contributed by atoms with E-state index in [2.05, 4.69) is 0 Å². The third kappa shape index (κ3) is 9.11. The first-order valence-corrected chi connectivity index (χ1v) is 18.1. The molecule has 1 aromatic heterocycles. The van der Waals surface area contributed by atoms with Crippen molar-refractivity contribution in [3.05, 3.63) is 46.6 Å². The van der Waals surface area contributed by atoms with Crippen LogP contribution < -0.4 is 14.9 Å². The molecule has 6 rings (SSSR count). The molecule has 13 N–H and O–H groups in total. The fourth-order valence-electron chi connectivity index (χ4n) is 6.62. The van der Waals surface area contributed by atoms with Gasteiger partial charge >= 0.3 is 11.9 Å². The maximum absolute atomic E-state index is 14.4. The Morgan fingerprint density at radius 3 is 1.83 bits per heavy atom. The zero-order valence-corrected chi connectivity index (χ0v) is 30.8. The Bertz CT molecular complexity index is 2040. The highest BCUT2D eigenvalue weighted by Gasteiger charge is 2.52. The van der Waals surface area contributed by atoms with Gasteiger partial charge in [-0.1, -0.05) is 0 Å². The summed E-state index contributed by atoms with van der Waals surface area (Å²) in [7, 11) is 0. The fraction of sp³-hybridized carbons (Fsp3) is 0.528. The summed E-state index contributed by atoms with van der Waals surface area (Å²) in [4.78, 5) is 37.4. The Morgan fingerprint density at radius 2 is 1.23 bits per heavy atom. The number of phenolic OH excluding ortho intramolecular Hbond substituents is 2. The number of fused-ring (bicyclic) bond motifs is 1. The summed E-state index contributed by atoms with van der Waals surface area (Å²) in [5.41, 5.74) is -1.59. The van der Waals surface area contributed by atoms with E-state index in [9.17, 15) is 75.7 Å². The number of carbonyl (C=O) groups is 2. The van der Waals surface area contributed by atoms with Gasteiger partial charge in [0, 0.05) is 17.7 Å². The highest BCUT2D eigenvalue weighted by atomic mass is 16.8. The Morgan fingerprint density at radius 1 is 0.667 bits per heavy atom. The summed E-state index contributed by atoms with van der Waals surface area (Å²) in [5, 5.41) is 133. The van der Waals surface area contributed by atoms with Gasteiger partial charge in [-0.05, 0) is 24.3 Å². The van der Waals surface area contributed by atoms with Gasteiger partial charge in [0.2, 0.25) is 23.8 Å². The molecule has 3 aliphatic heterocycles. The molecular weight excluding hydrogens is 816 g/mol. The van der Waals surface area contributed by atoms with Crippen molar-refractivity contribution in [1.82, 2.24) is 0 Å². The summed E-state index contributed by atoms with van der Waals surface area (Å²) in [5.74, 6) is -5.54. The first kappa shape index (κ1) is 44.8. The number of ether oxygens (including phenoxy) is 7. The summed E-state index contributed by atoms with van der Waals surface area (Å²) in [6.07, 6.45) is -29.2. The molecule has 15 atom stereocenters. The molecule has 0 spiro atoms. The summed E-state index contributed by atoms with van der Waals surface area (Å²) in [6, 6.07) is 6.80. The number of phenols is 2. The molecule has 330 valence electrons. The Hall–Kier alpha value is -4.77. The number of aliphatic carboxylic acids is 1. The van der Waals surface area contributed by atoms with Crippen LogP contribution in [0.1, 0.15) is 6.42 Å². The van der Waals surface area contributed by atoms with E-state index in [0.29, 0.717) is 0 Å². The molecule has 0 amide bonds. The van der Waals surface area contributed by atoms with E-state index in [1.54, 1.807) is 0 Å². The minimum absolute atomic E-state index is 0.00323. The van der Waals surface area contributed by atoms with E-state index in [4.69, 9.17) is 42.7 Å². The van der Waals surface area contributed by atoms with Crippen LogP contribution in [0.5, 0.6) is 23.0 Å². The van der Waals surface area contributed by atoms with E-state index in [1.165, 1.54) is 24.3 Å². The molecule has 60 heavy (non-hydrogen) atoms. The number of hydrogen-bond donors (Lipinski definition) is 13. The van der Waals surface area contributed by atoms with Crippen molar-refractivity contribution in [2.24, 2.45) is 0 Å². The lowest BCUT2D eigenvalue weighted by Gasteiger charge is -2.45. The maximum atomic E-state index is 14.4. The average Bonchev–Trinajstić information content (AvgIpc) is 3.20. The topological polar surface area (TPSA) is 392 Å². The molecule has 0 saturated carbocycles. The van der Waals surface area contributed by atoms with Crippen molar-refractivity contribution < 1.29 is 114 Å². The van der Waals surface area contributed by atoms with Crippen molar-refractivity contribution in [2.45, 2.75) is 98.5 Å². The number of carboxylic acid groups (broad SMARTS) is 1. The summed E-state index contributed by atoms with van der Waals surface area (Å²) in [6.45, 7) is -2.59. The predicted molar refractivity (Wildman–Crippen MR) is 189 cm³/mol. The van der Waals surface area contributed by atoms with Crippen LogP contribution in [0.25, 0.3) is 22.3 Å². The minimum atomic E-state index is -2.17. The van der Waals surface area contributed by atoms with Gasteiger partial charge in [-0.2, -0.15) is 0 Å². The van der Waals surface area contributed by atoms with Crippen LogP contribution in [0.3, 0.4) is 0 Å². The monoisotopic (exact) mass is 858 g/mol. The van der Waals surface area contributed by atoms with Crippen molar-refractivity contribution in [1.29, 1.82) is 0 Å². The van der Waals surface area contributed by atoms with Crippen molar-refractivity contribution in [3.8, 4) is 34.3 Å². The van der Waals surface area contributed by atoms with Gasteiger partial charge < -0.3 is 104 Å². The van der Waals surface area contributed by atoms with Crippen molar-refractivity contribution in [2.75, 3.05) is 19.8 Å². The van der Waals surface area contributed by atoms with E-state index in [0.717, 1.165) is 12.1 Å². The number of carbonyl (C=O) groups excluding carboxylic acids is 1. The largest absolute Gasteiger partial charge is 0.508 e. The first-order chi connectivity index (χ1) is 28.4. The number of hydrogen-bond acceptors (Lipinski definition) is 23. The Kier molecular flexibility index (Phi) is 13.8. The lowest BCUT2D eigenvalue weighted by atomic mass is 9.97. The Labute approximate surface area is 335 Å². The molecule has 3 aliphatic rings. The number of aliphatic hydroxyl groups is 10. The number of benzene rings is 2. The first-order valence-electron chi connectivity index (χ1n) is 18.1. The molecule has 0 bridgehead atoms. The van der Waals surface area contributed by atoms with Crippen LogP contribution >= 0.6 is 0 Å². The average molecular weight is 859 g/mol. The second-order valence-electron chi connectivity index (χ2n) is 14.0. The lowest BCUT2D eigenvalue weighted by Crippen LogP contribution is -2.65. The number of carboxylic acids is 1. The SMILES string of the molecule is O=C(O)CC(=O)OCC1OC(Oc2c(-c3ccc(O)cc3)oc3cc(OC4OC(CO)C(O)C(O)C4O)cc(O)c3c2=O)C(OC2OC(CO)C(O)C(O)C2O)C(O)C1O. The van der Waals surface area contributed by atoms with Crippen LogP contribution in [0.2, 0.25) is 0 Å². The fourth-order valence-corrected chi connectivity index (χ4v) is 6.62. The molecule has 24 nitrogen and oxygen atoms in total. The van der Waals surface area contributed by atoms with Gasteiger partial charge in [0.25, 0.3) is 0 Å². The quantitative estimate of drug-likeness (QED) is 0.0566. The second-order valence-corrected chi connectivity index (χ2v) is 14.0. The highest BCUT2D eigenvalue weighted by Crippen LogP contribution is 2.39. The molecule has 3 saturated heterocycles. The molecule has 15 unspecified atom stereocenters. The van der Waals surface area contributed by atoms with E-state index < -0.39 is 164 Å². The van der Waals surface area contributed by atoms with Gasteiger partial charge in [0.15, 0.2) is 18.2 Å². The van der Waals surface area contributed by atoms with Gasteiger partial charge in [-0.3, -0.25) is 14.4 Å². The molecule has 3 aromatic rings. The van der Waals surface area contributed by atoms with Crippen LogP contribution in [-0.4, -0.2) is 190 Å². The molecule has 3 fully saturated rings. The van der Waals surface area contributed by atoms with Gasteiger partial charge in [-0.15, -0.1) is 0 Å². The molecule has 2 aromatic carbocycles. The summed E-state index contributed by atoms with van der Waals surface area (Å²) < 4.78 is 44.8. The van der Waals surface area contributed by atoms with Gasteiger partial charge in [0.1, 0.15) is 108 Å². The zero-order valence-electron chi connectivity index (χ0n) is 30.8. The molecule has 24 heteroatoms. The van der Waals surface area contributed by atoms with E-state index in [1.807, 2.05) is 0 Å². The van der Waals surface area contributed by atoms with Crippen molar-refractivity contribution in [3.63, 3.8) is 0 Å². The van der Waals surface area contributed by atoms with Crippen LogP contribution in [-0.2, 0) is 33.3 Å². The number of rotatable bonds is 13. The molecule has 0 radical (unpaired) electrons. The van der Waals surface area contributed by atoms with E-state index >= 15 is 0 Å². The highest BCUT2D eigenvalue weighted by molar-refractivity contribution is 5.90. The van der Waals surface area contributed by atoms with Crippen LogP contribution in [0.4, 0.5) is 0 Å². The third-order valence-electron chi connectivity index (χ3n) is 9.86. The zero-order chi connectivity index (χ0) is 43.7. The van der Waals surface area contributed by atoms with Crippen LogP contribution in [0, 0.1) is 0 Å². The number of aliphatic hydroxyl groups excluding tert-OH is 10. The summed E-state index contributed by atoms with van der Waals surface area (Å²) >= 11 is 0. The maximum Gasteiger partial charge on any atom is 0.317 e. The normalized spacial score (nSPS) is 34.5. The lowest BCUT2D eigenvalue weighted by molar-refractivity contribution is -0.358. The smallest absolute Gasteiger partial charge is 0.317 e. The van der Waals surface area contributed by atoms with Crippen molar-refractivity contribution >= 4 is 22.9 Å². The molecule has 0 aliphatic carbocycles. The predicted octanol–water partition coefficient (Wildman–Crippen LogP) is -4.92. The second kappa shape index (κ2) is 18.5. The Balaban J connectivity index is 1.41. The third-order valence-corrected chi connectivity index (χ3v) is 9.86. The molecular formula is C36H42O24. The number of aromatic hydroxyl groups is 2. The van der Waals surface area contributed by atoms with Gasteiger partial charge in [-0.25, -0.2) is 0 Å². The van der Waals surface area contributed by atoms with Gasteiger partial charge in [0.05, 0.1) is 13.2 Å². The minimum Gasteiger partial charge on any atom is -0.508 e. The standard InChI is InChI=1S/C36H42O24/c37-8-16-22(44)26(48)29(51)34(56-16)54-13-5-14(40)21-15(6-13)55-31(11-1-3-12(39)4-2-11)32(25(21)47)59-36-33(60-35-30(52)27(49)23(45)17(9-38)57-35)28(50)24(46)18(58-36)10-53-20(43)7-19(41)42/h1-6,16-18,22-24,26-30,33-40,44-46,48-52H,7-10H2,(H,41,42).